The molecular formula is C19H31N3O4. The molecule has 26 heavy (non-hydrogen) atoms. The molecule has 3 heterocycles. The van der Waals surface area contributed by atoms with Crippen LogP contribution in [0.3, 0.4) is 0 Å². The SMILES string of the molecule is O=C(NC1CCN(C(=O)C2CCCCC2)C1)N1CCOC2(CCOC2)C1. The highest BCUT2D eigenvalue weighted by Gasteiger charge is 2.42. The molecule has 3 aliphatic heterocycles. The van der Waals surface area contributed by atoms with E-state index in [1.165, 1.54) is 19.3 Å². The highest BCUT2D eigenvalue weighted by Crippen LogP contribution is 2.28. The Morgan fingerprint density at radius 2 is 1.85 bits per heavy atom. The molecule has 2 atom stereocenters. The van der Waals surface area contributed by atoms with Crippen molar-refractivity contribution >= 4 is 11.9 Å². The van der Waals surface area contributed by atoms with Gasteiger partial charge in [-0.1, -0.05) is 19.3 Å². The predicted molar refractivity (Wildman–Crippen MR) is 95.8 cm³/mol. The summed E-state index contributed by atoms with van der Waals surface area (Å²) in [5, 5.41) is 3.14. The summed E-state index contributed by atoms with van der Waals surface area (Å²) in [6, 6.07) is 0.0326. The van der Waals surface area contributed by atoms with Crippen LogP contribution in [0.4, 0.5) is 4.79 Å². The molecule has 4 fully saturated rings. The van der Waals surface area contributed by atoms with Crippen LogP contribution in [0.5, 0.6) is 0 Å². The summed E-state index contributed by atoms with van der Waals surface area (Å²) in [7, 11) is 0. The van der Waals surface area contributed by atoms with Gasteiger partial charge in [0.15, 0.2) is 0 Å². The molecule has 1 spiro atoms. The predicted octanol–water partition coefficient (Wildman–Crippen LogP) is 1.37. The van der Waals surface area contributed by atoms with E-state index >= 15 is 0 Å². The first kappa shape index (κ1) is 18.0. The van der Waals surface area contributed by atoms with E-state index in [0.717, 1.165) is 32.2 Å². The number of urea groups is 1. The van der Waals surface area contributed by atoms with Gasteiger partial charge < -0.3 is 24.6 Å². The number of carbonyl (C=O) groups excluding carboxylic acids is 2. The topological polar surface area (TPSA) is 71.1 Å². The van der Waals surface area contributed by atoms with Gasteiger partial charge in [0.2, 0.25) is 5.91 Å². The number of hydrogen-bond acceptors (Lipinski definition) is 4. The summed E-state index contributed by atoms with van der Waals surface area (Å²) in [6.07, 6.45) is 7.37. The molecule has 3 amide bonds. The van der Waals surface area contributed by atoms with E-state index in [1.54, 1.807) is 0 Å². The highest BCUT2D eigenvalue weighted by molar-refractivity contribution is 5.79. The molecule has 1 aliphatic carbocycles. The standard InChI is InChI=1S/C19H31N3O4/c23-17(15-4-2-1-3-5-15)21-8-6-16(12-21)20-18(24)22-9-11-26-19(13-22)7-10-25-14-19/h15-16H,1-14H2,(H,20,24). The summed E-state index contributed by atoms with van der Waals surface area (Å²) in [5.74, 6) is 0.509. The zero-order valence-corrected chi connectivity index (χ0v) is 15.6. The lowest BCUT2D eigenvalue weighted by atomic mass is 9.88. The van der Waals surface area contributed by atoms with Crippen LogP contribution >= 0.6 is 0 Å². The molecular weight excluding hydrogens is 334 g/mol. The number of morpholine rings is 1. The van der Waals surface area contributed by atoms with Crippen molar-refractivity contribution in [3.8, 4) is 0 Å². The molecule has 7 nitrogen and oxygen atoms in total. The Morgan fingerprint density at radius 1 is 1.00 bits per heavy atom. The minimum Gasteiger partial charge on any atom is -0.378 e. The van der Waals surface area contributed by atoms with Gasteiger partial charge in [-0.25, -0.2) is 4.79 Å². The summed E-state index contributed by atoms with van der Waals surface area (Å²) in [5.41, 5.74) is -0.311. The highest BCUT2D eigenvalue weighted by atomic mass is 16.6. The molecule has 4 aliphatic rings. The summed E-state index contributed by atoms with van der Waals surface area (Å²) < 4.78 is 11.4. The van der Waals surface area contributed by atoms with Crippen LogP contribution in [0.2, 0.25) is 0 Å². The molecule has 7 heteroatoms. The van der Waals surface area contributed by atoms with Crippen molar-refractivity contribution in [2.75, 3.05) is 46.0 Å². The average molecular weight is 365 g/mol. The first-order valence-corrected chi connectivity index (χ1v) is 10.2. The lowest BCUT2D eigenvalue weighted by Crippen LogP contribution is -2.57. The van der Waals surface area contributed by atoms with Gasteiger partial charge in [0.1, 0.15) is 5.60 Å². The number of carbonyl (C=O) groups is 2. The Kier molecular flexibility index (Phi) is 5.36. The molecule has 2 unspecified atom stereocenters. The molecule has 0 aromatic carbocycles. The number of hydrogen-bond donors (Lipinski definition) is 1. The van der Waals surface area contributed by atoms with Crippen molar-refractivity contribution in [2.45, 2.75) is 56.6 Å². The van der Waals surface area contributed by atoms with Gasteiger partial charge in [-0.3, -0.25) is 4.79 Å². The molecule has 146 valence electrons. The molecule has 1 saturated carbocycles. The Bertz CT molecular complexity index is 529. The van der Waals surface area contributed by atoms with Gasteiger partial charge in [-0.15, -0.1) is 0 Å². The van der Waals surface area contributed by atoms with Crippen molar-refractivity contribution in [1.29, 1.82) is 0 Å². The first-order valence-electron chi connectivity index (χ1n) is 10.2. The Balaban J connectivity index is 1.26. The summed E-state index contributed by atoms with van der Waals surface area (Å²) >= 11 is 0. The number of nitrogens with zero attached hydrogens (tertiary/aromatic N) is 2. The van der Waals surface area contributed by atoms with Crippen molar-refractivity contribution in [3.63, 3.8) is 0 Å². The fourth-order valence-electron chi connectivity index (χ4n) is 4.80. The Labute approximate surface area is 155 Å². The van der Waals surface area contributed by atoms with E-state index in [0.29, 0.717) is 45.4 Å². The van der Waals surface area contributed by atoms with Crippen LogP contribution in [0.1, 0.15) is 44.9 Å². The van der Waals surface area contributed by atoms with E-state index < -0.39 is 0 Å². The van der Waals surface area contributed by atoms with Gasteiger partial charge in [0.05, 0.1) is 19.8 Å². The summed E-state index contributed by atoms with van der Waals surface area (Å²) in [6.45, 7) is 4.47. The van der Waals surface area contributed by atoms with Crippen molar-refractivity contribution in [2.24, 2.45) is 5.92 Å². The number of rotatable bonds is 2. The number of likely N-dealkylation sites (tertiary alicyclic amines) is 1. The van der Waals surface area contributed by atoms with Crippen LogP contribution in [0.15, 0.2) is 0 Å². The van der Waals surface area contributed by atoms with Crippen LogP contribution in [-0.4, -0.2) is 79.4 Å². The Hall–Kier alpha value is -1.34. The maximum Gasteiger partial charge on any atom is 0.317 e. The maximum absolute atomic E-state index is 12.7. The average Bonchev–Trinajstić information content (AvgIpc) is 3.32. The number of nitrogens with one attached hydrogen (secondary N) is 1. The third kappa shape index (κ3) is 3.83. The molecule has 0 radical (unpaired) electrons. The van der Waals surface area contributed by atoms with Crippen LogP contribution in [-0.2, 0) is 14.3 Å². The number of amides is 3. The van der Waals surface area contributed by atoms with E-state index in [1.807, 2.05) is 9.80 Å². The molecule has 0 aromatic heterocycles. The zero-order chi connectivity index (χ0) is 18.0. The zero-order valence-electron chi connectivity index (χ0n) is 15.6. The smallest absolute Gasteiger partial charge is 0.317 e. The largest absolute Gasteiger partial charge is 0.378 e. The fourth-order valence-corrected chi connectivity index (χ4v) is 4.80. The maximum atomic E-state index is 12.7. The first-order chi connectivity index (χ1) is 12.7. The second-order valence-electron chi connectivity index (χ2n) is 8.31. The van der Waals surface area contributed by atoms with E-state index in [4.69, 9.17) is 9.47 Å². The molecule has 1 N–H and O–H groups in total. The monoisotopic (exact) mass is 365 g/mol. The van der Waals surface area contributed by atoms with Gasteiger partial charge in [-0.2, -0.15) is 0 Å². The fraction of sp³-hybridized carbons (Fsp3) is 0.895. The molecule has 4 rings (SSSR count). The third-order valence-electron chi connectivity index (χ3n) is 6.38. The molecule has 3 saturated heterocycles. The second kappa shape index (κ2) is 7.72. The van der Waals surface area contributed by atoms with Gasteiger partial charge in [0, 0.05) is 44.6 Å². The van der Waals surface area contributed by atoms with Crippen LogP contribution < -0.4 is 5.32 Å². The summed E-state index contributed by atoms with van der Waals surface area (Å²) in [4.78, 5) is 29.2. The van der Waals surface area contributed by atoms with Crippen molar-refractivity contribution in [1.82, 2.24) is 15.1 Å². The Morgan fingerprint density at radius 3 is 2.62 bits per heavy atom. The van der Waals surface area contributed by atoms with Crippen LogP contribution in [0, 0.1) is 5.92 Å². The van der Waals surface area contributed by atoms with Crippen molar-refractivity contribution < 1.29 is 19.1 Å². The molecule has 0 bridgehead atoms. The lowest BCUT2D eigenvalue weighted by molar-refractivity contribution is -0.135. The minimum absolute atomic E-state index is 0.0310. The second-order valence-corrected chi connectivity index (χ2v) is 8.31. The lowest BCUT2D eigenvalue weighted by Gasteiger charge is -2.39. The van der Waals surface area contributed by atoms with Gasteiger partial charge in [0.25, 0.3) is 0 Å². The van der Waals surface area contributed by atoms with Crippen LogP contribution in [0.25, 0.3) is 0 Å². The van der Waals surface area contributed by atoms with E-state index in [2.05, 4.69) is 5.32 Å². The number of ether oxygens (including phenoxy) is 2. The van der Waals surface area contributed by atoms with Gasteiger partial charge in [-0.05, 0) is 19.3 Å². The van der Waals surface area contributed by atoms with E-state index in [9.17, 15) is 9.59 Å². The minimum atomic E-state index is -0.311. The van der Waals surface area contributed by atoms with Gasteiger partial charge >= 0.3 is 6.03 Å². The van der Waals surface area contributed by atoms with Crippen molar-refractivity contribution in [3.05, 3.63) is 0 Å². The quantitative estimate of drug-likeness (QED) is 0.802. The van der Waals surface area contributed by atoms with E-state index in [-0.39, 0.29) is 23.6 Å². The molecule has 0 aromatic rings. The third-order valence-corrected chi connectivity index (χ3v) is 6.38. The normalized spacial score (nSPS) is 33.0.